The summed E-state index contributed by atoms with van der Waals surface area (Å²) in [7, 11) is 0. The van der Waals surface area contributed by atoms with E-state index in [1.807, 2.05) is 0 Å². The summed E-state index contributed by atoms with van der Waals surface area (Å²) in [4.78, 5) is 30.7. The Hall–Kier alpha value is -1.36. The summed E-state index contributed by atoms with van der Waals surface area (Å²) >= 11 is 1.72. The van der Waals surface area contributed by atoms with E-state index in [-0.39, 0.29) is 24.4 Å². The Morgan fingerprint density at radius 1 is 1.30 bits per heavy atom. The number of nitrogens with zero attached hydrogens (tertiary/aromatic N) is 2. The van der Waals surface area contributed by atoms with Gasteiger partial charge in [-0.15, -0.1) is 11.3 Å². The van der Waals surface area contributed by atoms with Crippen molar-refractivity contribution < 1.29 is 9.59 Å². The maximum atomic E-state index is 12.5. The fourth-order valence-electron chi connectivity index (χ4n) is 3.08. The number of piperidine rings is 1. The normalized spacial score (nSPS) is 23.2. The van der Waals surface area contributed by atoms with E-state index in [1.54, 1.807) is 21.1 Å². The van der Waals surface area contributed by atoms with Gasteiger partial charge in [-0.2, -0.15) is 0 Å². The summed E-state index contributed by atoms with van der Waals surface area (Å²) in [6, 6.07) is 1.93. The number of hydrogen-bond acceptors (Lipinski definition) is 3. The second-order valence-electron chi connectivity index (χ2n) is 5.74. The van der Waals surface area contributed by atoms with Crippen molar-refractivity contribution in [3.8, 4) is 0 Å². The SMILES string of the molecule is Cc1cc(CN2CC(=O)N3CCCCC3C2=O)sc1C. The molecule has 0 aromatic carbocycles. The topological polar surface area (TPSA) is 40.6 Å². The van der Waals surface area contributed by atoms with Crippen molar-refractivity contribution in [1.82, 2.24) is 9.80 Å². The standard InChI is InChI=1S/C15H20N2O2S/c1-10-7-12(20-11(10)2)8-16-9-14(18)17-6-4-3-5-13(17)15(16)19/h7,13H,3-6,8-9H2,1-2H3. The van der Waals surface area contributed by atoms with Crippen LogP contribution in [0.3, 0.4) is 0 Å². The molecule has 5 heteroatoms. The van der Waals surface area contributed by atoms with Crippen LogP contribution in [0.15, 0.2) is 6.07 Å². The first-order chi connectivity index (χ1) is 9.56. The van der Waals surface area contributed by atoms with Crippen molar-refractivity contribution in [2.45, 2.75) is 45.7 Å². The molecule has 2 fully saturated rings. The summed E-state index contributed by atoms with van der Waals surface area (Å²) in [5.41, 5.74) is 1.26. The van der Waals surface area contributed by atoms with E-state index in [0.717, 1.165) is 25.8 Å². The van der Waals surface area contributed by atoms with E-state index in [2.05, 4.69) is 19.9 Å². The van der Waals surface area contributed by atoms with Crippen LogP contribution in [0.5, 0.6) is 0 Å². The fourth-order valence-corrected chi connectivity index (χ4v) is 4.15. The van der Waals surface area contributed by atoms with Crippen LogP contribution in [0, 0.1) is 13.8 Å². The minimum absolute atomic E-state index is 0.110. The van der Waals surface area contributed by atoms with Gasteiger partial charge >= 0.3 is 0 Å². The minimum atomic E-state index is -0.202. The third-order valence-corrected chi connectivity index (χ3v) is 5.45. The molecule has 3 heterocycles. The summed E-state index contributed by atoms with van der Waals surface area (Å²) in [6.45, 7) is 5.75. The number of fused-ring (bicyclic) bond motifs is 1. The van der Waals surface area contributed by atoms with E-state index >= 15 is 0 Å². The highest BCUT2D eigenvalue weighted by atomic mass is 32.1. The van der Waals surface area contributed by atoms with Crippen LogP contribution in [-0.4, -0.2) is 40.7 Å². The number of hydrogen-bond donors (Lipinski definition) is 0. The van der Waals surface area contributed by atoms with Gasteiger partial charge in [-0.1, -0.05) is 0 Å². The fraction of sp³-hybridized carbons (Fsp3) is 0.600. The third-order valence-electron chi connectivity index (χ3n) is 4.31. The number of rotatable bonds is 2. The van der Waals surface area contributed by atoms with Gasteiger partial charge in [0.25, 0.3) is 0 Å². The highest BCUT2D eigenvalue weighted by molar-refractivity contribution is 7.12. The van der Waals surface area contributed by atoms with E-state index < -0.39 is 0 Å². The number of piperazine rings is 1. The minimum Gasteiger partial charge on any atom is -0.329 e. The molecule has 2 amide bonds. The number of carbonyl (C=O) groups is 2. The Balaban J connectivity index is 1.76. The maximum Gasteiger partial charge on any atom is 0.246 e. The number of carbonyl (C=O) groups excluding carboxylic acids is 2. The molecule has 0 radical (unpaired) electrons. The monoisotopic (exact) mass is 292 g/mol. The zero-order chi connectivity index (χ0) is 14.3. The van der Waals surface area contributed by atoms with E-state index in [4.69, 9.17) is 0 Å². The number of amides is 2. The smallest absolute Gasteiger partial charge is 0.246 e. The van der Waals surface area contributed by atoms with Gasteiger partial charge < -0.3 is 9.80 Å². The molecule has 1 atom stereocenters. The number of aryl methyl sites for hydroxylation is 2. The average Bonchev–Trinajstić information content (AvgIpc) is 2.74. The van der Waals surface area contributed by atoms with Crippen LogP contribution in [0.4, 0.5) is 0 Å². The molecule has 1 unspecified atom stereocenters. The van der Waals surface area contributed by atoms with Gasteiger partial charge in [0.2, 0.25) is 11.8 Å². The van der Waals surface area contributed by atoms with E-state index in [0.29, 0.717) is 6.54 Å². The second kappa shape index (κ2) is 5.20. The highest BCUT2D eigenvalue weighted by Gasteiger charge is 2.40. The molecule has 0 spiro atoms. The van der Waals surface area contributed by atoms with Crippen LogP contribution < -0.4 is 0 Å². The Morgan fingerprint density at radius 2 is 2.10 bits per heavy atom. The highest BCUT2D eigenvalue weighted by Crippen LogP contribution is 2.27. The predicted molar refractivity (Wildman–Crippen MR) is 78.6 cm³/mol. The van der Waals surface area contributed by atoms with E-state index in [1.165, 1.54) is 15.3 Å². The predicted octanol–water partition coefficient (Wildman–Crippen LogP) is 2.09. The largest absolute Gasteiger partial charge is 0.329 e. The molecule has 3 rings (SSSR count). The van der Waals surface area contributed by atoms with Crippen LogP contribution in [0.2, 0.25) is 0 Å². The molecule has 0 aliphatic carbocycles. The lowest BCUT2D eigenvalue weighted by molar-refractivity contribution is -0.158. The Bertz CT molecular complexity index is 533. The lowest BCUT2D eigenvalue weighted by Crippen LogP contribution is -2.60. The molecule has 0 N–H and O–H groups in total. The first-order valence-corrected chi connectivity index (χ1v) is 8.02. The van der Waals surface area contributed by atoms with Crippen LogP contribution in [0.25, 0.3) is 0 Å². The summed E-state index contributed by atoms with van der Waals surface area (Å²) in [5, 5.41) is 0. The molecular weight excluding hydrogens is 272 g/mol. The van der Waals surface area contributed by atoms with Gasteiger partial charge in [-0.05, 0) is 44.7 Å². The first kappa shape index (κ1) is 13.6. The first-order valence-electron chi connectivity index (χ1n) is 7.20. The van der Waals surface area contributed by atoms with Crippen molar-refractivity contribution in [3.05, 3.63) is 21.4 Å². The summed E-state index contributed by atoms with van der Waals surface area (Å²) in [6.07, 6.45) is 2.90. The van der Waals surface area contributed by atoms with Crippen molar-refractivity contribution in [3.63, 3.8) is 0 Å². The summed E-state index contributed by atoms with van der Waals surface area (Å²) in [5.74, 6) is 0.243. The lowest BCUT2D eigenvalue weighted by atomic mass is 9.98. The quantitative estimate of drug-likeness (QED) is 0.837. The Morgan fingerprint density at radius 3 is 2.80 bits per heavy atom. The molecular formula is C15H20N2O2S. The van der Waals surface area contributed by atoms with Crippen molar-refractivity contribution in [1.29, 1.82) is 0 Å². The molecule has 20 heavy (non-hydrogen) atoms. The zero-order valence-electron chi connectivity index (χ0n) is 12.0. The second-order valence-corrected chi connectivity index (χ2v) is 7.09. The van der Waals surface area contributed by atoms with Crippen LogP contribution >= 0.6 is 11.3 Å². The average molecular weight is 292 g/mol. The molecule has 4 nitrogen and oxygen atoms in total. The Labute approximate surface area is 123 Å². The van der Waals surface area contributed by atoms with Crippen LogP contribution in [0.1, 0.15) is 34.6 Å². The molecule has 1 aromatic heterocycles. The van der Waals surface area contributed by atoms with Gasteiger partial charge in [0, 0.05) is 16.3 Å². The zero-order valence-corrected chi connectivity index (χ0v) is 12.8. The van der Waals surface area contributed by atoms with Crippen molar-refractivity contribution in [2.24, 2.45) is 0 Å². The van der Waals surface area contributed by atoms with Gasteiger partial charge in [0.15, 0.2) is 0 Å². The van der Waals surface area contributed by atoms with Gasteiger partial charge in [0.1, 0.15) is 12.6 Å². The van der Waals surface area contributed by atoms with Gasteiger partial charge in [0.05, 0.1) is 6.54 Å². The molecule has 2 aliphatic rings. The third kappa shape index (κ3) is 2.35. The van der Waals surface area contributed by atoms with Gasteiger partial charge in [-0.25, -0.2) is 0 Å². The molecule has 108 valence electrons. The van der Waals surface area contributed by atoms with Crippen LogP contribution in [-0.2, 0) is 16.1 Å². The van der Waals surface area contributed by atoms with Crippen molar-refractivity contribution in [2.75, 3.05) is 13.1 Å². The van der Waals surface area contributed by atoms with Crippen molar-refractivity contribution >= 4 is 23.2 Å². The van der Waals surface area contributed by atoms with E-state index in [9.17, 15) is 9.59 Å². The molecule has 2 aliphatic heterocycles. The molecule has 2 saturated heterocycles. The Kier molecular flexibility index (Phi) is 3.54. The summed E-state index contributed by atoms with van der Waals surface area (Å²) < 4.78 is 0. The van der Waals surface area contributed by atoms with Gasteiger partial charge in [-0.3, -0.25) is 9.59 Å². The lowest BCUT2D eigenvalue weighted by Gasteiger charge is -2.42. The molecule has 0 bridgehead atoms. The molecule has 0 saturated carbocycles. The molecule has 1 aromatic rings. The number of thiophene rings is 1. The maximum absolute atomic E-state index is 12.5.